The fourth-order valence-electron chi connectivity index (χ4n) is 3.56. The quantitative estimate of drug-likeness (QED) is 0.663. The molecule has 1 aromatic heterocycles. The summed E-state index contributed by atoms with van der Waals surface area (Å²) >= 11 is 0. The number of benzene rings is 1. The molecular weight excluding hydrogens is 329 g/mol. The molecule has 1 N–H and O–H groups in total. The second-order valence-corrected chi connectivity index (χ2v) is 6.76. The first kappa shape index (κ1) is 17.9. The van der Waals surface area contributed by atoms with Crippen molar-refractivity contribution in [3.63, 3.8) is 0 Å². The Hall–Kier alpha value is -2.87. The van der Waals surface area contributed by atoms with Crippen LogP contribution in [-0.2, 0) is 4.79 Å². The maximum absolute atomic E-state index is 13.2. The first-order valence-electron chi connectivity index (χ1n) is 8.87. The SMILES string of the molecule is Cc1cc(/C=C(/C#N)C(=O)NC2CCCC2)c(C)n1-c1ccc(F)cc1. The van der Waals surface area contributed by atoms with Crippen LogP contribution in [-0.4, -0.2) is 16.5 Å². The number of aryl methyl sites for hydroxylation is 1. The Labute approximate surface area is 152 Å². The number of amides is 1. The molecule has 0 saturated heterocycles. The molecule has 0 atom stereocenters. The van der Waals surface area contributed by atoms with Gasteiger partial charge in [-0.2, -0.15) is 5.26 Å². The van der Waals surface area contributed by atoms with Crippen molar-refractivity contribution >= 4 is 12.0 Å². The molecule has 0 spiro atoms. The van der Waals surface area contributed by atoms with Crippen molar-refractivity contribution in [2.24, 2.45) is 0 Å². The second kappa shape index (κ2) is 7.57. The number of hydrogen-bond donors (Lipinski definition) is 1. The number of nitrogens with one attached hydrogen (secondary N) is 1. The van der Waals surface area contributed by atoms with E-state index in [1.165, 1.54) is 12.1 Å². The van der Waals surface area contributed by atoms with Crippen LogP contribution < -0.4 is 5.32 Å². The first-order valence-corrected chi connectivity index (χ1v) is 8.87. The molecule has 3 rings (SSSR count). The molecule has 1 heterocycles. The molecule has 1 aliphatic rings. The van der Waals surface area contributed by atoms with Crippen LogP contribution in [0.1, 0.15) is 42.6 Å². The summed E-state index contributed by atoms with van der Waals surface area (Å²) in [5, 5.41) is 12.4. The number of nitriles is 1. The average Bonchev–Trinajstić information content (AvgIpc) is 3.22. The van der Waals surface area contributed by atoms with E-state index in [-0.39, 0.29) is 23.3 Å². The fourth-order valence-corrected chi connectivity index (χ4v) is 3.56. The molecule has 26 heavy (non-hydrogen) atoms. The van der Waals surface area contributed by atoms with Crippen molar-refractivity contribution in [3.8, 4) is 11.8 Å². The van der Waals surface area contributed by atoms with Crippen LogP contribution in [0.5, 0.6) is 0 Å². The van der Waals surface area contributed by atoms with E-state index in [9.17, 15) is 14.4 Å². The summed E-state index contributed by atoms with van der Waals surface area (Å²) in [4.78, 5) is 12.4. The number of carbonyl (C=O) groups excluding carboxylic acids is 1. The van der Waals surface area contributed by atoms with Crippen LogP contribution in [0.15, 0.2) is 35.9 Å². The molecule has 1 aliphatic carbocycles. The fraction of sp³-hybridized carbons (Fsp3) is 0.333. The maximum atomic E-state index is 13.2. The van der Waals surface area contributed by atoms with Crippen molar-refractivity contribution in [1.82, 2.24) is 9.88 Å². The van der Waals surface area contributed by atoms with Crippen molar-refractivity contribution in [2.75, 3.05) is 0 Å². The van der Waals surface area contributed by atoms with Gasteiger partial charge >= 0.3 is 0 Å². The number of carbonyl (C=O) groups is 1. The Morgan fingerprint density at radius 2 is 1.92 bits per heavy atom. The van der Waals surface area contributed by atoms with Crippen molar-refractivity contribution in [3.05, 3.63) is 58.7 Å². The van der Waals surface area contributed by atoms with Gasteiger partial charge in [-0.05, 0) is 68.7 Å². The van der Waals surface area contributed by atoms with E-state index in [1.54, 1.807) is 18.2 Å². The maximum Gasteiger partial charge on any atom is 0.262 e. The Balaban J connectivity index is 1.89. The number of aromatic nitrogens is 1. The molecule has 0 unspecified atom stereocenters. The van der Waals surface area contributed by atoms with E-state index in [0.717, 1.165) is 48.3 Å². The highest BCUT2D eigenvalue weighted by molar-refractivity contribution is 6.02. The van der Waals surface area contributed by atoms with Gasteiger partial charge in [-0.15, -0.1) is 0 Å². The monoisotopic (exact) mass is 351 g/mol. The van der Waals surface area contributed by atoms with Gasteiger partial charge in [0.15, 0.2) is 0 Å². The lowest BCUT2D eigenvalue weighted by Gasteiger charge is -2.11. The highest BCUT2D eigenvalue weighted by Gasteiger charge is 2.20. The van der Waals surface area contributed by atoms with Crippen LogP contribution in [0.2, 0.25) is 0 Å². The van der Waals surface area contributed by atoms with Crippen LogP contribution in [0.3, 0.4) is 0 Å². The lowest BCUT2D eigenvalue weighted by atomic mass is 10.1. The van der Waals surface area contributed by atoms with Crippen LogP contribution in [0.25, 0.3) is 11.8 Å². The zero-order valence-corrected chi connectivity index (χ0v) is 15.1. The third kappa shape index (κ3) is 3.70. The molecule has 1 aromatic carbocycles. The Morgan fingerprint density at radius 3 is 2.54 bits per heavy atom. The Bertz CT molecular complexity index is 881. The smallest absolute Gasteiger partial charge is 0.262 e. The molecule has 0 aliphatic heterocycles. The van der Waals surface area contributed by atoms with Gasteiger partial charge in [-0.1, -0.05) is 12.8 Å². The summed E-state index contributed by atoms with van der Waals surface area (Å²) in [5.74, 6) is -0.599. The van der Waals surface area contributed by atoms with Gasteiger partial charge in [0.25, 0.3) is 5.91 Å². The zero-order valence-electron chi connectivity index (χ0n) is 15.1. The number of halogens is 1. The van der Waals surface area contributed by atoms with E-state index in [2.05, 4.69) is 5.32 Å². The zero-order chi connectivity index (χ0) is 18.7. The Kier molecular flexibility index (Phi) is 5.22. The van der Waals surface area contributed by atoms with Gasteiger partial charge in [0, 0.05) is 23.1 Å². The molecular formula is C21H22FN3O. The van der Waals surface area contributed by atoms with Gasteiger partial charge < -0.3 is 9.88 Å². The van der Waals surface area contributed by atoms with Crippen molar-refractivity contribution in [2.45, 2.75) is 45.6 Å². The van der Waals surface area contributed by atoms with E-state index >= 15 is 0 Å². The van der Waals surface area contributed by atoms with E-state index in [4.69, 9.17) is 0 Å². The van der Waals surface area contributed by atoms with Gasteiger partial charge in [0.2, 0.25) is 0 Å². The van der Waals surface area contributed by atoms with Gasteiger partial charge in [0.05, 0.1) is 0 Å². The van der Waals surface area contributed by atoms with Crippen molar-refractivity contribution in [1.29, 1.82) is 5.26 Å². The summed E-state index contributed by atoms with van der Waals surface area (Å²) < 4.78 is 15.2. The third-order valence-corrected chi connectivity index (χ3v) is 4.91. The van der Waals surface area contributed by atoms with Gasteiger partial charge in [-0.3, -0.25) is 4.79 Å². The van der Waals surface area contributed by atoms with Crippen LogP contribution in [0.4, 0.5) is 4.39 Å². The molecule has 1 amide bonds. The molecule has 0 radical (unpaired) electrons. The largest absolute Gasteiger partial charge is 0.349 e. The predicted octanol–water partition coefficient (Wildman–Crippen LogP) is 4.20. The molecule has 5 heteroatoms. The second-order valence-electron chi connectivity index (χ2n) is 6.76. The summed E-state index contributed by atoms with van der Waals surface area (Å²) in [7, 11) is 0. The van der Waals surface area contributed by atoms with Gasteiger partial charge in [0.1, 0.15) is 17.5 Å². The number of rotatable bonds is 4. The van der Waals surface area contributed by atoms with Crippen molar-refractivity contribution < 1.29 is 9.18 Å². The van der Waals surface area contributed by atoms with E-state index in [0.29, 0.717) is 0 Å². The standard InChI is InChI=1S/C21H22FN3O/c1-14-11-16(15(2)25(14)20-9-7-18(22)8-10-20)12-17(13-23)21(26)24-19-5-3-4-6-19/h7-12,19H,3-6H2,1-2H3,(H,24,26)/b17-12-. The summed E-state index contributed by atoms with van der Waals surface area (Å²) in [6.07, 6.45) is 5.82. The predicted molar refractivity (Wildman–Crippen MR) is 99.2 cm³/mol. The van der Waals surface area contributed by atoms with E-state index in [1.807, 2.05) is 30.6 Å². The molecule has 1 fully saturated rings. The summed E-state index contributed by atoms with van der Waals surface area (Å²) in [6, 6.07) is 10.4. The summed E-state index contributed by atoms with van der Waals surface area (Å²) in [5.41, 5.74) is 3.61. The minimum absolute atomic E-state index is 0.108. The molecule has 1 saturated carbocycles. The highest BCUT2D eigenvalue weighted by atomic mass is 19.1. The lowest BCUT2D eigenvalue weighted by molar-refractivity contribution is -0.117. The normalized spacial score (nSPS) is 15.1. The topological polar surface area (TPSA) is 57.8 Å². The van der Waals surface area contributed by atoms with E-state index < -0.39 is 0 Å². The van der Waals surface area contributed by atoms with Gasteiger partial charge in [-0.25, -0.2) is 4.39 Å². The van der Waals surface area contributed by atoms with Crippen LogP contribution in [0, 0.1) is 31.0 Å². The minimum atomic E-state index is -0.314. The molecule has 134 valence electrons. The van der Waals surface area contributed by atoms with Crippen LogP contribution >= 0.6 is 0 Å². The third-order valence-electron chi connectivity index (χ3n) is 4.91. The first-order chi connectivity index (χ1) is 12.5. The number of hydrogen-bond acceptors (Lipinski definition) is 2. The number of nitrogens with zero attached hydrogens (tertiary/aromatic N) is 2. The minimum Gasteiger partial charge on any atom is -0.349 e. The highest BCUT2D eigenvalue weighted by Crippen LogP contribution is 2.23. The molecule has 4 nitrogen and oxygen atoms in total. The molecule has 0 bridgehead atoms. The summed E-state index contributed by atoms with van der Waals surface area (Å²) in [6.45, 7) is 3.87. The lowest BCUT2D eigenvalue weighted by Crippen LogP contribution is -2.33. The molecule has 2 aromatic rings. The average molecular weight is 351 g/mol. The Morgan fingerprint density at radius 1 is 1.27 bits per heavy atom.